The van der Waals surface area contributed by atoms with E-state index in [4.69, 9.17) is 4.74 Å². The highest BCUT2D eigenvalue weighted by molar-refractivity contribution is 5.65. The number of hydrogen-bond donors (Lipinski definition) is 1. The minimum absolute atomic E-state index is 0.411. The Morgan fingerprint density at radius 1 is 1.22 bits per heavy atom. The zero-order chi connectivity index (χ0) is 13.0. The summed E-state index contributed by atoms with van der Waals surface area (Å²) in [5.41, 5.74) is 3.23. The molecule has 0 saturated heterocycles. The van der Waals surface area contributed by atoms with Crippen molar-refractivity contribution in [1.29, 1.82) is 0 Å². The minimum atomic E-state index is 0.411. The van der Waals surface area contributed by atoms with Gasteiger partial charge in [-0.15, -0.1) is 0 Å². The number of nitrogens with one attached hydrogen (secondary N) is 1. The second-order valence-corrected chi connectivity index (χ2v) is 4.05. The molecule has 1 aromatic heterocycles. The third kappa shape index (κ3) is 2.65. The lowest BCUT2D eigenvalue weighted by Gasteiger charge is -2.09. The van der Waals surface area contributed by atoms with Gasteiger partial charge in [0.25, 0.3) is 0 Å². The number of rotatable bonds is 4. The molecule has 18 heavy (non-hydrogen) atoms. The zero-order valence-electron chi connectivity index (χ0n) is 10.9. The summed E-state index contributed by atoms with van der Waals surface area (Å²) >= 11 is 0. The lowest BCUT2D eigenvalue weighted by Crippen LogP contribution is -2.03. The molecule has 0 amide bonds. The number of ether oxygens (including phenoxy) is 1. The van der Waals surface area contributed by atoms with Gasteiger partial charge in [0.15, 0.2) is 5.82 Å². The van der Waals surface area contributed by atoms with Crippen LogP contribution in [0, 0.1) is 6.92 Å². The number of nitrogens with zero attached hydrogens (tertiary/aromatic N) is 2. The van der Waals surface area contributed by atoms with E-state index in [1.165, 1.54) is 5.56 Å². The number of hydrogen-bond acceptors (Lipinski definition) is 4. The maximum absolute atomic E-state index is 5.10. The van der Waals surface area contributed by atoms with Crippen LogP contribution in [0.5, 0.6) is 0 Å². The van der Waals surface area contributed by atoms with Gasteiger partial charge in [0.1, 0.15) is 12.4 Å². The normalized spacial score (nSPS) is 10.4. The minimum Gasteiger partial charge on any atom is -0.377 e. The lowest BCUT2D eigenvalue weighted by atomic mass is 10.1. The van der Waals surface area contributed by atoms with Crippen LogP contribution in [0.4, 0.5) is 5.82 Å². The highest BCUT2D eigenvalue weighted by Crippen LogP contribution is 2.23. The molecule has 0 spiro atoms. The predicted molar refractivity (Wildman–Crippen MR) is 72.5 cm³/mol. The van der Waals surface area contributed by atoms with Crippen LogP contribution >= 0.6 is 0 Å². The van der Waals surface area contributed by atoms with Crippen molar-refractivity contribution >= 4 is 5.82 Å². The van der Waals surface area contributed by atoms with Crippen molar-refractivity contribution in [1.82, 2.24) is 9.97 Å². The fourth-order valence-electron chi connectivity index (χ4n) is 1.82. The van der Waals surface area contributed by atoms with Gasteiger partial charge in [-0.3, -0.25) is 0 Å². The first-order valence-electron chi connectivity index (χ1n) is 5.85. The van der Waals surface area contributed by atoms with Crippen LogP contribution in [0.25, 0.3) is 11.3 Å². The van der Waals surface area contributed by atoms with Gasteiger partial charge >= 0.3 is 0 Å². The molecule has 1 N–H and O–H groups in total. The summed E-state index contributed by atoms with van der Waals surface area (Å²) in [6, 6.07) is 10.1. The third-order valence-corrected chi connectivity index (χ3v) is 2.72. The molecule has 2 aromatic rings. The van der Waals surface area contributed by atoms with E-state index in [0.29, 0.717) is 12.4 Å². The highest BCUT2D eigenvalue weighted by atomic mass is 16.5. The Morgan fingerprint density at radius 2 is 2.00 bits per heavy atom. The summed E-state index contributed by atoms with van der Waals surface area (Å²) in [6.45, 7) is 2.49. The third-order valence-electron chi connectivity index (χ3n) is 2.72. The summed E-state index contributed by atoms with van der Waals surface area (Å²) < 4.78 is 5.10. The Bertz CT molecular complexity index is 540. The van der Waals surface area contributed by atoms with Crippen molar-refractivity contribution in [3.8, 4) is 11.3 Å². The van der Waals surface area contributed by atoms with E-state index in [2.05, 4.69) is 34.3 Å². The number of benzene rings is 1. The molecule has 0 atom stereocenters. The van der Waals surface area contributed by atoms with E-state index in [0.717, 1.165) is 17.1 Å². The van der Waals surface area contributed by atoms with Gasteiger partial charge in [0.05, 0.1) is 5.69 Å². The second kappa shape index (κ2) is 5.60. The Morgan fingerprint density at radius 3 is 2.67 bits per heavy atom. The van der Waals surface area contributed by atoms with Gasteiger partial charge < -0.3 is 10.1 Å². The van der Waals surface area contributed by atoms with Crippen LogP contribution in [0.3, 0.4) is 0 Å². The van der Waals surface area contributed by atoms with Crippen molar-refractivity contribution in [3.05, 3.63) is 41.7 Å². The average Bonchev–Trinajstić information content (AvgIpc) is 2.39. The SMILES string of the molecule is CNc1cc(-c2ccccc2C)nc(COC)n1. The van der Waals surface area contributed by atoms with Gasteiger partial charge in [-0.25, -0.2) is 9.97 Å². The molecule has 0 saturated carbocycles. The van der Waals surface area contributed by atoms with Crippen molar-refractivity contribution in [2.75, 3.05) is 19.5 Å². The van der Waals surface area contributed by atoms with E-state index in [1.54, 1.807) is 7.11 Å². The van der Waals surface area contributed by atoms with Crippen LogP contribution in [0.1, 0.15) is 11.4 Å². The summed E-state index contributed by atoms with van der Waals surface area (Å²) in [5.74, 6) is 1.48. The monoisotopic (exact) mass is 243 g/mol. The van der Waals surface area contributed by atoms with Gasteiger partial charge in [0, 0.05) is 25.8 Å². The second-order valence-electron chi connectivity index (χ2n) is 4.05. The van der Waals surface area contributed by atoms with E-state index in [9.17, 15) is 0 Å². The van der Waals surface area contributed by atoms with Crippen LogP contribution < -0.4 is 5.32 Å². The van der Waals surface area contributed by atoms with Crippen LogP contribution in [0.2, 0.25) is 0 Å². The molecule has 4 heteroatoms. The number of aryl methyl sites for hydroxylation is 1. The standard InChI is InChI=1S/C14H17N3O/c1-10-6-4-5-7-11(10)12-8-13(15-2)17-14(16-12)9-18-3/h4-8H,9H2,1-3H3,(H,15,16,17). The Balaban J connectivity index is 2.50. The molecule has 0 aliphatic carbocycles. The predicted octanol–water partition coefficient (Wildman–Crippen LogP) is 2.64. The van der Waals surface area contributed by atoms with Crippen LogP contribution in [0.15, 0.2) is 30.3 Å². The molecule has 2 rings (SSSR count). The molecule has 0 aliphatic rings. The lowest BCUT2D eigenvalue weighted by molar-refractivity contribution is 0.178. The first-order valence-corrected chi connectivity index (χ1v) is 5.85. The highest BCUT2D eigenvalue weighted by Gasteiger charge is 2.07. The number of anilines is 1. The Labute approximate surface area is 107 Å². The first kappa shape index (κ1) is 12.5. The van der Waals surface area contributed by atoms with E-state index < -0.39 is 0 Å². The van der Waals surface area contributed by atoms with E-state index in [-0.39, 0.29) is 0 Å². The fraction of sp³-hybridized carbons (Fsp3) is 0.286. The van der Waals surface area contributed by atoms with Gasteiger partial charge in [-0.1, -0.05) is 24.3 Å². The molecule has 4 nitrogen and oxygen atoms in total. The quantitative estimate of drug-likeness (QED) is 0.896. The van der Waals surface area contributed by atoms with Gasteiger partial charge in [0.2, 0.25) is 0 Å². The Hall–Kier alpha value is -1.94. The molecule has 0 aliphatic heterocycles. The van der Waals surface area contributed by atoms with Crippen molar-refractivity contribution in [3.63, 3.8) is 0 Å². The molecular weight excluding hydrogens is 226 g/mol. The molecule has 0 unspecified atom stereocenters. The van der Waals surface area contributed by atoms with Crippen molar-refractivity contribution < 1.29 is 4.74 Å². The molecule has 1 aromatic carbocycles. The summed E-state index contributed by atoms with van der Waals surface area (Å²) in [7, 11) is 3.49. The first-order chi connectivity index (χ1) is 8.74. The number of methoxy groups -OCH3 is 1. The van der Waals surface area contributed by atoms with E-state index >= 15 is 0 Å². The van der Waals surface area contributed by atoms with Gasteiger partial charge in [-0.2, -0.15) is 0 Å². The molecule has 0 bridgehead atoms. The molecule has 0 radical (unpaired) electrons. The molecule has 1 heterocycles. The summed E-state index contributed by atoms with van der Waals surface area (Å²) in [5, 5.41) is 3.05. The smallest absolute Gasteiger partial charge is 0.157 e. The maximum Gasteiger partial charge on any atom is 0.157 e. The molecule has 0 fully saturated rings. The largest absolute Gasteiger partial charge is 0.377 e. The zero-order valence-corrected chi connectivity index (χ0v) is 10.9. The fourth-order valence-corrected chi connectivity index (χ4v) is 1.82. The van der Waals surface area contributed by atoms with Crippen molar-refractivity contribution in [2.24, 2.45) is 0 Å². The number of aromatic nitrogens is 2. The Kier molecular flexibility index (Phi) is 3.89. The molecular formula is C14H17N3O. The van der Waals surface area contributed by atoms with Crippen LogP contribution in [-0.4, -0.2) is 24.1 Å². The average molecular weight is 243 g/mol. The van der Waals surface area contributed by atoms with E-state index in [1.807, 2.05) is 25.2 Å². The maximum atomic E-state index is 5.10. The topological polar surface area (TPSA) is 47.0 Å². The van der Waals surface area contributed by atoms with Crippen LogP contribution in [-0.2, 0) is 11.3 Å². The van der Waals surface area contributed by atoms with Gasteiger partial charge in [-0.05, 0) is 12.5 Å². The summed E-state index contributed by atoms with van der Waals surface area (Å²) in [4.78, 5) is 8.88. The van der Waals surface area contributed by atoms with Crippen molar-refractivity contribution in [2.45, 2.75) is 13.5 Å². The summed E-state index contributed by atoms with van der Waals surface area (Å²) in [6.07, 6.45) is 0. The molecule has 94 valence electrons.